The molecule has 2 saturated heterocycles. The number of rotatable bonds is 7. The summed E-state index contributed by atoms with van der Waals surface area (Å²) in [5.74, 6) is 1.10. The lowest BCUT2D eigenvalue weighted by atomic mass is 9.71. The molecule has 3 nitrogen and oxygen atoms in total. The SMILES string of the molecule is CCC(Cc1ccco1)(CC1CCCO1)CC1CCCO1. The van der Waals surface area contributed by atoms with Crippen LogP contribution in [0.4, 0.5) is 0 Å². The van der Waals surface area contributed by atoms with E-state index in [-0.39, 0.29) is 5.41 Å². The van der Waals surface area contributed by atoms with Gasteiger partial charge in [0.2, 0.25) is 0 Å². The third-order valence-corrected chi connectivity index (χ3v) is 5.25. The number of hydrogen-bond donors (Lipinski definition) is 0. The van der Waals surface area contributed by atoms with E-state index in [4.69, 9.17) is 13.9 Å². The molecule has 0 aliphatic carbocycles. The summed E-state index contributed by atoms with van der Waals surface area (Å²) in [6.07, 6.45) is 12.0. The highest BCUT2D eigenvalue weighted by Gasteiger charge is 2.37. The number of hydrogen-bond acceptors (Lipinski definition) is 3. The van der Waals surface area contributed by atoms with E-state index in [1.54, 1.807) is 6.26 Å². The molecule has 2 fully saturated rings. The quantitative estimate of drug-likeness (QED) is 0.748. The Morgan fingerprint density at radius 2 is 1.76 bits per heavy atom. The highest BCUT2D eigenvalue weighted by Crippen LogP contribution is 2.41. The number of furan rings is 1. The van der Waals surface area contributed by atoms with E-state index in [9.17, 15) is 0 Å². The molecule has 2 atom stereocenters. The van der Waals surface area contributed by atoms with Crippen molar-refractivity contribution < 1.29 is 13.9 Å². The van der Waals surface area contributed by atoms with Crippen molar-refractivity contribution in [1.82, 2.24) is 0 Å². The van der Waals surface area contributed by atoms with Crippen LogP contribution < -0.4 is 0 Å². The molecule has 1 aromatic heterocycles. The third kappa shape index (κ3) is 3.89. The average molecular weight is 292 g/mol. The molecule has 0 saturated carbocycles. The van der Waals surface area contributed by atoms with Crippen LogP contribution in [0.3, 0.4) is 0 Å². The van der Waals surface area contributed by atoms with Gasteiger partial charge in [-0.25, -0.2) is 0 Å². The van der Waals surface area contributed by atoms with Gasteiger partial charge < -0.3 is 13.9 Å². The molecule has 3 heterocycles. The van der Waals surface area contributed by atoms with E-state index in [1.165, 1.54) is 25.7 Å². The van der Waals surface area contributed by atoms with Gasteiger partial charge in [0.15, 0.2) is 0 Å². The van der Waals surface area contributed by atoms with Crippen LogP contribution in [-0.4, -0.2) is 25.4 Å². The van der Waals surface area contributed by atoms with E-state index in [1.807, 2.05) is 6.07 Å². The molecule has 0 N–H and O–H groups in total. The third-order valence-electron chi connectivity index (χ3n) is 5.25. The molecule has 2 aliphatic rings. The zero-order chi connectivity index (χ0) is 14.5. The fourth-order valence-corrected chi connectivity index (χ4v) is 4.00. The molecule has 3 heteroatoms. The Labute approximate surface area is 128 Å². The summed E-state index contributed by atoms with van der Waals surface area (Å²) in [5.41, 5.74) is 0.252. The lowest BCUT2D eigenvalue weighted by Crippen LogP contribution is -2.32. The molecule has 1 aromatic rings. The summed E-state index contributed by atoms with van der Waals surface area (Å²) < 4.78 is 17.5. The van der Waals surface area contributed by atoms with Gasteiger partial charge in [-0.15, -0.1) is 0 Å². The largest absolute Gasteiger partial charge is 0.469 e. The topological polar surface area (TPSA) is 31.6 Å². The Bertz CT molecular complexity index is 382. The molecule has 21 heavy (non-hydrogen) atoms. The van der Waals surface area contributed by atoms with Gasteiger partial charge in [0.25, 0.3) is 0 Å². The van der Waals surface area contributed by atoms with E-state index in [0.29, 0.717) is 12.2 Å². The van der Waals surface area contributed by atoms with Gasteiger partial charge in [-0.1, -0.05) is 6.92 Å². The van der Waals surface area contributed by atoms with Crippen molar-refractivity contribution in [1.29, 1.82) is 0 Å². The summed E-state index contributed by atoms with van der Waals surface area (Å²) in [6, 6.07) is 4.10. The fourth-order valence-electron chi connectivity index (χ4n) is 4.00. The summed E-state index contributed by atoms with van der Waals surface area (Å²) >= 11 is 0. The molecule has 3 rings (SSSR count). The van der Waals surface area contributed by atoms with Gasteiger partial charge in [0.1, 0.15) is 5.76 Å². The fraction of sp³-hybridized carbons (Fsp3) is 0.778. The van der Waals surface area contributed by atoms with Gasteiger partial charge in [0.05, 0.1) is 18.5 Å². The maximum atomic E-state index is 5.92. The van der Waals surface area contributed by atoms with Crippen LogP contribution in [-0.2, 0) is 15.9 Å². The van der Waals surface area contributed by atoms with Crippen LogP contribution in [0.25, 0.3) is 0 Å². The predicted octanol–water partition coefficient (Wildman–Crippen LogP) is 4.36. The van der Waals surface area contributed by atoms with Crippen LogP contribution in [0.5, 0.6) is 0 Å². The summed E-state index contributed by atoms with van der Waals surface area (Å²) in [7, 11) is 0. The molecule has 2 aliphatic heterocycles. The van der Waals surface area contributed by atoms with E-state index in [2.05, 4.69) is 13.0 Å². The van der Waals surface area contributed by atoms with E-state index >= 15 is 0 Å². The maximum absolute atomic E-state index is 5.92. The average Bonchev–Trinajstić information content (AvgIpc) is 3.21. The Kier molecular flexibility index (Phi) is 5.02. The Morgan fingerprint density at radius 3 is 2.19 bits per heavy atom. The molecule has 0 bridgehead atoms. The Morgan fingerprint density at radius 1 is 1.10 bits per heavy atom. The second-order valence-corrected chi connectivity index (χ2v) is 6.79. The summed E-state index contributed by atoms with van der Waals surface area (Å²) in [6.45, 7) is 4.18. The van der Waals surface area contributed by atoms with Crippen molar-refractivity contribution in [3.63, 3.8) is 0 Å². The first-order valence-electron chi connectivity index (χ1n) is 8.55. The van der Waals surface area contributed by atoms with Gasteiger partial charge >= 0.3 is 0 Å². The van der Waals surface area contributed by atoms with Crippen molar-refractivity contribution in [2.75, 3.05) is 13.2 Å². The molecule has 0 spiro atoms. The van der Waals surface area contributed by atoms with Crippen molar-refractivity contribution in [3.05, 3.63) is 24.2 Å². The zero-order valence-corrected chi connectivity index (χ0v) is 13.2. The van der Waals surface area contributed by atoms with Gasteiger partial charge in [-0.05, 0) is 62.5 Å². The normalized spacial score (nSPS) is 28.8. The van der Waals surface area contributed by atoms with Crippen LogP contribution >= 0.6 is 0 Å². The van der Waals surface area contributed by atoms with Gasteiger partial charge in [-0.3, -0.25) is 0 Å². The summed E-state index contributed by atoms with van der Waals surface area (Å²) in [5, 5.41) is 0. The minimum atomic E-state index is 0.252. The monoisotopic (exact) mass is 292 g/mol. The van der Waals surface area contributed by atoms with Gasteiger partial charge in [-0.2, -0.15) is 0 Å². The van der Waals surface area contributed by atoms with Crippen molar-refractivity contribution in [2.45, 2.75) is 70.5 Å². The minimum Gasteiger partial charge on any atom is -0.469 e. The molecular formula is C18H28O3. The van der Waals surface area contributed by atoms with Crippen LogP contribution in [0, 0.1) is 5.41 Å². The van der Waals surface area contributed by atoms with Crippen LogP contribution in [0.2, 0.25) is 0 Å². The van der Waals surface area contributed by atoms with Crippen molar-refractivity contribution in [2.24, 2.45) is 5.41 Å². The Hall–Kier alpha value is -0.800. The smallest absolute Gasteiger partial charge is 0.104 e. The van der Waals surface area contributed by atoms with Crippen LogP contribution in [0.1, 0.15) is 57.6 Å². The maximum Gasteiger partial charge on any atom is 0.104 e. The standard InChI is InChI=1S/C18H28O3/c1-2-18(12-15-6-3-9-19-15,13-16-7-4-10-20-16)14-17-8-5-11-21-17/h3,6,9,16-17H,2,4-5,7-8,10-14H2,1H3. The lowest BCUT2D eigenvalue weighted by molar-refractivity contribution is 0.0146. The Balaban J connectivity index is 1.72. The van der Waals surface area contributed by atoms with Gasteiger partial charge in [0, 0.05) is 19.6 Å². The number of ether oxygens (including phenoxy) is 2. The van der Waals surface area contributed by atoms with E-state index in [0.717, 1.165) is 44.7 Å². The minimum absolute atomic E-state index is 0.252. The molecule has 0 amide bonds. The molecule has 0 radical (unpaired) electrons. The first-order chi connectivity index (χ1) is 10.3. The molecule has 118 valence electrons. The first kappa shape index (κ1) is 15.1. The lowest BCUT2D eigenvalue weighted by Gasteiger charge is -2.36. The summed E-state index contributed by atoms with van der Waals surface area (Å²) in [4.78, 5) is 0. The molecular weight excluding hydrogens is 264 g/mol. The zero-order valence-electron chi connectivity index (χ0n) is 13.2. The van der Waals surface area contributed by atoms with Crippen LogP contribution in [0.15, 0.2) is 22.8 Å². The first-order valence-corrected chi connectivity index (χ1v) is 8.55. The predicted molar refractivity (Wildman–Crippen MR) is 82.3 cm³/mol. The van der Waals surface area contributed by atoms with Crippen molar-refractivity contribution >= 4 is 0 Å². The van der Waals surface area contributed by atoms with Crippen molar-refractivity contribution in [3.8, 4) is 0 Å². The highest BCUT2D eigenvalue weighted by molar-refractivity contribution is 5.03. The highest BCUT2D eigenvalue weighted by atomic mass is 16.5. The molecule has 0 aromatic carbocycles. The second-order valence-electron chi connectivity index (χ2n) is 6.79. The second kappa shape index (κ2) is 6.97. The van der Waals surface area contributed by atoms with E-state index < -0.39 is 0 Å². The molecule has 2 unspecified atom stereocenters.